The van der Waals surface area contributed by atoms with E-state index in [0.29, 0.717) is 29.2 Å². The number of nitrogens with one attached hydrogen (secondary N) is 2. The van der Waals surface area contributed by atoms with Crippen LogP contribution in [0.5, 0.6) is 5.75 Å². The van der Waals surface area contributed by atoms with Gasteiger partial charge in [0.2, 0.25) is 0 Å². The van der Waals surface area contributed by atoms with Gasteiger partial charge < -0.3 is 9.64 Å². The predicted octanol–water partition coefficient (Wildman–Crippen LogP) is 1.33. The highest BCUT2D eigenvalue weighted by molar-refractivity contribution is 5.81. The molecule has 1 amide bonds. The first-order valence-corrected chi connectivity index (χ1v) is 8.50. The number of hydrazine groups is 1. The van der Waals surface area contributed by atoms with E-state index in [1.165, 1.54) is 23.3 Å². The molecule has 0 aromatic heterocycles. The van der Waals surface area contributed by atoms with Gasteiger partial charge in [0.15, 0.2) is 12.9 Å². The largest absolute Gasteiger partial charge is 0.483 e. The first-order chi connectivity index (χ1) is 11.6. The standard InChI is InChI=1S/C18H25N3O3/c1-21(2)18(23)11-24-17-7-6-12(8-13(17)10-22)14-4-3-5-16-15(14)9-19-20-16/h6-8,10,14-16,19-20H,3-5,9,11H2,1-2H3. The molecule has 0 bridgehead atoms. The van der Waals surface area contributed by atoms with Crippen LogP contribution in [0.3, 0.4) is 0 Å². The van der Waals surface area contributed by atoms with Crippen LogP contribution in [-0.2, 0) is 4.79 Å². The van der Waals surface area contributed by atoms with Gasteiger partial charge in [-0.1, -0.05) is 12.5 Å². The van der Waals surface area contributed by atoms with Crippen LogP contribution >= 0.6 is 0 Å². The van der Waals surface area contributed by atoms with Gasteiger partial charge in [-0.2, -0.15) is 0 Å². The molecule has 3 rings (SSSR count). The third-order valence-electron chi connectivity index (χ3n) is 5.13. The van der Waals surface area contributed by atoms with Crippen LogP contribution in [0, 0.1) is 5.92 Å². The lowest BCUT2D eigenvalue weighted by molar-refractivity contribution is -0.130. The predicted molar refractivity (Wildman–Crippen MR) is 91.0 cm³/mol. The van der Waals surface area contributed by atoms with Crippen LogP contribution in [0.4, 0.5) is 0 Å². The number of nitrogens with zero attached hydrogens (tertiary/aromatic N) is 1. The van der Waals surface area contributed by atoms with E-state index in [1.54, 1.807) is 14.1 Å². The molecule has 1 aliphatic heterocycles. The lowest BCUT2D eigenvalue weighted by Gasteiger charge is -2.33. The van der Waals surface area contributed by atoms with Crippen molar-refractivity contribution in [2.24, 2.45) is 5.92 Å². The molecule has 1 heterocycles. The Morgan fingerprint density at radius 1 is 1.38 bits per heavy atom. The fraction of sp³-hybridized carbons (Fsp3) is 0.556. The minimum absolute atomic E-state index is 0.0604. The summed E-state index contributed by atoms with van der Waals surface area (Å²) in [6.07, 6.45) is 4.33. The van der Waals surface area contributed by atoms with Crippen LogP contribution in [0.2, 0.25) is 0 Å². The van der Waals surface area contributed by atoms with E-state index in [2.05, 4.69) is 10.9 Å². The van der Waals surface area contributed by atoms with Gasteiger partial charge in [0.1, 0.15) is 5.75 Å². The van der Waals surface area contributed by atoms with E-state index in [0.717, 1.165) is 19.3 Å². The molecule has 130 valence electrons. The lowest BCUT2D eigenvalue weighted by atomic mass is 9.73. The summed E-state index contributed by atoms with van der Waals surface area (Å²) >= 11 is 0. The smallest absolute Gasteiger partial charge is 0.259 e. The molecule has 1 saturated heterocycles. The molecule has 3 atom stereocenters. The summed E-state index contributed by atoms with van der Waals surface area (Å²) in [5.74, 6) is 1.34. The van der Waals surface area contributed by atoms with Gasteiger partial charge in [-0.3, -0.25) is 20.4 Å². The van der Waals surface area contributed by atoms with Crippen molar-refractivity contribution in [3.8, 4) is 5.75 Å². The Morgan fingerprint density at radius 2 is 2.21 bits per heavy atom. The van der Waals surface area contributed by atoms with E-state index in [9.17, 15) is 9.59 Å². The second-order valence-electron chi connectivity index (χ2n) is 6.82. The molecule has 6 nitrogen and oxygen atoms in total. The van der Waals surface area contributed by atoms with Crippen LogP contribution < -0.4 is 15.6 Å². The topological polar surface area (TPSA) is 70.7 Å². The minimum Gasteiger partial charge on any atom is -0.483 e. The number of benzene rings is 1. The first kappa shape index (κ1) is 16.9. The van der Waals surface area contributed by atoms with Crippen LogP contribution in [0.15, 0.2) is 18.2 Å². The van der Waals surface area contributed by atoms with Crippen molar-refractivity contribution in [3.05, 3.63) is 29.3 Å². The molecule has 2 aliphatic rings. The number of ether oxygens (including phenoxy) is 1. The van der Waals surface area contributed by atoms with Crippen molar-refractivity contribution >= 4 is 12.2 Å². The summed E-state index contributed by atoms with van der Waals surface area (Å²) in [4.78, 5) is 24.6. The molecule has 1 aromatic carbocycles. The average Bonchev–Trinajstić information content (AvgIpc) is 3.08. The third-order valence-corrected chi connectivity index (χ3v) is 5.13. The average molecular weight is 331 g/mol. The summed E-state index contributed by atoms with van der Waals surface area (Å²) in [6.45, 7) is 0.899. The molecule has 0 spiro atoms. The van der Waals surface area contributed by atoms with E-state index >= 15 is 0 Å². The van der Waals surface area contributed by atoms with Crippen LogP contribution in [0.25, 0.3) is 0 Å². The maximum atomic E-state index is 11.7. The number of aldehydes is 1. The Kier molecular flexibility index (Phi) is 5.16. The Balaban J connectivity index is 1.76. The number of rotatable bonds is 5. The summed E-state index contributed by atoms with van der Waals surface area (Å²) in [6, 6.07) is 6.29. The number of likely N-dealkylation sites (N-methyl/N-ethyl adjacent to an activating group) is 1. The normalized spacial score (nSPS) is 25.8. The Morgan fingerprint density at radius 3 is 2.96 bits per heavy atom. The zero-order valence-electron chi connectivity index (χ0n) is 14.2. The third kappa shape index (κ3) is 3.44. The molecule has 1 aliphatic carbocycles. The molecule has 1 saturated carbocycles. The fourth-order valence-electron chi connectivity index (χ4n) is 3.74. The monoisotopic (exact) mass is 331 g/mol. The van der Waals surface area contributed by atoms with E-state index in [4.69, 9.17) is 4.74 Å². The van der Waals surface area contributed by atoms with Gasteiger partial charge in [0.05, 0.1) is 5.56 Å². The van der Waals surface area contributed by atoms with E-state index < -0.39 is 0 Å². The number of fused-ring (bicyclic) bond motifs is 1. The van der Waals surface area contributed by atoms with Crippen molar-refractivity contribution < 1.29 is 14.3 Å². The molecule has 2 fully saturated rings. The molecule has 3 unspecified atom stereocenters. The quantitative estimate of drug-likeness (QED) is 0.797. The lowest BCUT2D eigenvalue weighted by Crippen LogP contribution is -2.35. The highest BCUT2D eigenvalue weighted by Crippen LogP contribution is 2.40. The minimum atomic E-state index is -0.130. The summed E-state index contributed by atoms with van der Waals surface area (Å²) < 4.78 is 5.53. The highest BCUT2D eigenvalue weighted by Gasteiger charge is 2.37. The number of hydrogen-bond donors (Lipinski definition) is 2. The summed E-state index contributed by atoms with van der Waals surface area (Å²) in [5.41, 5.74) is 8.31. The van der Waals surface area contributed by atoms with Gasteiger partial charge >= 0.3 is 0 Å². The number of carbonyl (C=O) groups excluding carboxylic acids is 2. The van der Waals surface area contributed by atoms with Crippen molar-refractivity contribution in [1.29, 1.82) is 0 Å². The van der Waals surface area contributed by atoms with Crippen LogP contribution in [0.1, 0.15) is 41.1 Å². The molecule has 2 N–H and O–H groups in total. The van der Waals surface area contributed by atoms with Crippen molar-refractivity contribution in [1.82, 2.24) is 15.8 Å². The Labute approximate surface area is 142 Å². The fourth-order valence-corrected chi connectivity index (χ4v) is 3.74. The summed E-state index contributed by atoms with van der Waals surface area (Å²) in [5, 5.41) is 0. The maximum Gasteiger partial charge on any atom is 0.259 e. The van der Waals surface area contributed by atoms with Gasteiger partial charge in [-0.25, -0.2) is 0 Å². The molecule has 6 heteroatoms. The van der Waals surface area contributed by atoms with Gasteiger partial charge in [0.25, 0.3) is 5.91 Å². The molecule has 0 radical (unpaired) electrons. The Hall–Kier alpha value is -1.92. The number of amides is 1. The maximum absolute atomic E-state index is 11.7. The number of hydrogen-bond acceptors (Lipinski definition) is 5. The van der Waals surface area contributed by atoms with Gasteiger partial charge in [-0.05, 0) is 42.4 Å². The molecular weight excluding hydrogens is 306 g/mol. The van der Waals surface area contributed by atoms with Crippen molar-refractivity contribution in [2.75, 3.05) is 27.2 Å². The molecular formula is C18H25N3O3. The Bertz CT molecular complexity index is 618. The molecule has 1 aromatic rings. The molecule has 24 heavy (non-hydrogen) atoms. The van der Waals surface area contributed by atoms with Crippen molar-refractivity contribution in [2.45, 2.75) is 31.2 Å². The zero-order valence-corrected chi connectivity index (χ0v) is 14.2. The van der Waals surface area contributed by atoms with Gasteiger partial charge in [-0.15, -0.1) is 0 Å². The zero-order chi connectivity index (χ0) is 17.1. The second kappa shape index (κ2) is 7.32. The first-order valence-electron chi connectivity index (χ1n) is 8.50. The van der Waals surface area contributed by atoms with Gasteiger partial charge in [0, 0.05) is 26.7 Å². The van der Waals surface area contributed by atoms with E-state index in [1.807, 2.05) is 18.2 Å². The second-order valence-corrected chi connectivity index (χ2v) is 6.82. The van der Waals surface area contributed by atoms with E-state index in [-0.39, 0.29) is 12.5 Å². The number of carbonyl (C=O) groups is 2. The van der Waals surface area contributed by atoms with Crippen molar-refractivity contribution in [3.63, 3.8) is 0 Å². The highest BCUT2D eigenvalue weighted by atomic mass is 16.5. The van der Waals surface area contributed by atoms with Crippen LogP contribution in [-0.4, -0.2) is 50.4 Å². The summed E-state index contributed by atoms with van der Waals surface area (Å²) in [7, 11) is 3.36. The SMILES string of the molecule is CN(C)C(=O)COc1ccc(C2CCCC3NNCC32)cc1C=O.